The van der Waals surface area contributed by atoms with Crippen LogP contribution >= 0.6 is 0 Å². The Labute approximate surface area is 215 Å². The van der Waals surface area contributed by atoms with E-state index in [1.165, 1.54) is 0 Å². The Balaban J connectivity index is 1.50. The molecule has 0 amide bonds. The van der Waals surface area contributed by atoms with Gasteiger partial charge in [0.05, 0.1) is 19.2 Å². The lowest BCUT2D eigenvalue weighted by molar-refractivity contribution is -0.119. The number of fused-ring (bicyclic) bond motifs is 2. The number of ether oxygens (including phenoxy) is 3. The molecule has 0 atom stereocenters. The highest BCUT2D eigenvalue weighted by atomic mass is 16.6. The summed E-state index contributed by atoms with van der Waals surface area (Å²) >= 11 is 0. The van der Waals surface area contributed by atoms with E-state index in [0.29, 0.717) is 42.3 Å². The summed E-state index contributed by atoms with van der Waals surface area (Å²) in [4.78, 5) is 26.9. The van der Waals surface area contributed by atoms with Gasteiger partial charge in [0.15, 0.2) is 17.3 Å². The Bertz CT molecular complexity index is 1520. The second kappa shape index (κ2) is 10.4. The molecular weight excluding hydrogens is 468 g/mol. The smallest absolute Gasteiger partial charge is 0.256 e. The van der Waals surface area contributed by atoms with Crippen LogP contribution in [0.2, 0.25) is 0 Å². The van der Waals surface area contributed by atoms with Crippen LogP contribution in [-0.4, -0.2) is 30.7 Å². The maximum atomic E-state index is 13.7. The number of ketones is 1. The lowest BCUT2D eigenvalue weighted by Crippen LogP contribution is -2.29. The van der Waals surface area contributed by atoms with Gasteiger partial charge in [-0.05, 0) is 61.4 Å². The van der Waals surface area contributed by atoms with Gasteiger partial charge in [0.1, 0.15) is 19.0 Å². The summed E-state index contributed by atoms with van der Waals surface area (Å²) in [5, 5.41) is 4.12. The number of pyridine rings is 1. The number of Topliss-reactive ketones (excluding diaryl/α,β-unsaturated/α-hetero) is 1. The van der Waals surface area contributed by atoms with Crippen LogP contribution in [0, 0.1) is 13.8 Å². The first-order valence-corrected chi connectivity index (χ1v) is 12.3. The summed E-state index contributed by atoms with van der Waals surface area (Å²) in [5.41, 5.74) is 5.00. The van der Waals surface area contributed by atoms with Crippen molar-refractivity contribution in [3.63, 3.8) is 0 Å². The predicted molar refractivity (Wildman–Crippen MR) is 144 cm³/mol. The minimum absolute atomic E-state index is 0.0290. The third-order valence-corrected chi connectivity index (χ3v) is 6.63. The van der Waals surface area contributed by atoms with Crippen molar-refractivity contribution in [3.8, 4) is 17.2 Å². The summed E-state index contributed by atoms with van der Waals surface area (Å²) in [6.07, 6.45) is 0.264. The Kier molecular flexibility index (Phi) is 6.86. The second-order valence-corrected chi connectivity index (χ2v) is 9.34. The number of aryl methyl sites for hydroxylation is 2. The zero-order chi connectivity index (χ0) is 25.9. The molecule has 1 aliphatic heterocycles. The van der Waals surface area contributed by atoms with Gasteiger partial charge in [0, 0.05) is 35.7 Å². The molecular formula is C30H30N2O5. The number of hydrogen-bond donors (Lipinski definition) is 1. The fourth-order valence-electron chi connectivity index (χ4n) is 4.60. The van der Waals surface area contributed by atoms with Gasteiger partial charge < -0.3 is 24.1 Å². The van der Waals surface area contributed by atoms with E-state index in [1.54, 1.807) is 17.7 Å². The van der Waals surface area contributed by atoms with Gasteiger partial charge in [-0.1, -0.05) is 23.8 Å². The lowest BCUT2D eigenvalue weighted by Gasteiger charge is -2.21. The number of carbonyl (C=O) groups is 1. The molecule has 7 nitrogen and oxygen atoms in total. The molecule has 37 heavy (non-hydrogen) atoms. The molecule has 190 valence electrons. The second-order valence-electron chi connectivity index (χ2n) is 9.34. The summed E-state index contributed by atoms with van der Waals surface area (Å²) in [5.74, 6) is 1.94. The van der Waals surface area contributed by atoms with E-state index in [4.69, 9.17) is 14.2 Å². The van der Waals surface area contributed by atoms with Crippen molar-refractivity contribution in [1.29, 1.82) is 0 Å². The SMILES string of the molecule is COc1ccc(NCc2cc3cc4c(cc3n(CC(=O)Cc3cc(C)ccc3C)c2=O)OCCO4)cc1. The Morgan fingerprint density at radius 2 is 1.68 bits per heavy atom. The van der Waals surface area contributed by atoms with Gasteiger partial charge in [-0.3, -0.25) is 9.59 Å². The molecule has 0 fully saturated rings. The summed E-state index contributed by atoms with van der Waals surface area (Å²) in [6, 6.07) is 19.1. The molecule has 0 radical (unpaired) electrons. The van der Waals surface area contributed by atoms with E-state index in [1.807, 2.05) is 68.4 Å². The van der Waals surface area contributed by atoms with E-state index in [-0.39, 0.29) is 24.3 Å². The molecule has 5 rings (SSSR count). The first-order chi connectivity index (χ1) is 17.9. The van der Waals surface area contributed by atoms with E-state index in [0.717, 1.165) is 33.5 Å². The quantitative estimate of drug-likeness (QED) is 0.375. The van der Waals surface area contributed by atoms with Crippen molar-refractivity contribution in [2.45, 2.75) is 33.4 Å². The number of hydrogen-bond acceptors (Lipinski definition) is 6. The maximum absolute atomic E-state index is 13.7. The van der Waals surface area contributed by atoms with E-state index >= 15 is 0 Å². The zero-order valence-corrected chi connectivity index (χ0v) is 21.3. The van der Waals surface area contributed by atoms with Crippen molar-refractivity contribution < 1.29 is 19.0 Å². The van der Waals surface area contributed by atoms with Crippen LogP contribution in [0.4, 0.5) is 5.69 Å². The van der Waals surface area contributed by atoms with E-state index < -0.39 is 0 Å². The van der Waals surface area contributed by atoms with Crippen molar-refractivity contribution in [3.05, 3.63) is 93.3 Å². The molecule has 0 saturated carbocycles. The fraction of sp³-hybridized carbons (Fsp3) is 0.267. The third kappa shape index (κ3) is 5.31. The fourth-order valence-corrected chi connectivity index (χ4v) is 4.60. The summed E-state index contributed by atoms with van der Waals surface area (Å²) in [7, 11) is 1.62. The molecule has 0 spiro atoms. The average Bonchev–Trinajstić information content (AvgIpc) is 2.90. The number of nitrogens with one attached hydrogen (secondary N) is 1. The van der Waals surface area contributed by atoms with Crippen LogP contribution < -0.4 is 25.1 Å². The minimum Gasteiger partial charge on any atom is -0.497 e. The number of nitrogens with zero attached hydrogens (tertiary/aromatic N) is 1. The average molecular weight is 499 g/mol. The van der Waals surface area contributed by atoms with Crippen molar-refractivity contribution in [2.75, 3.05) is 25.6 Å². The molecule has 0 bridgehead atoms. The summed E-state index contributed by atoms with van der Waals surface area (Å²) < 4.78 is 18.3. The van der Waals surface area contributed by atoms with E-state index in [9.17, 15) is 9.59 Å². The topological polar surface area (TPSA) is 78.8 Å². The molecule has 1 aromatic heterocycles. The summed E-state index contributed by atoms with van der Waals surface area (Å²) in [6.45, 7) is 5.20. The molecule has 4 aromatic rings. The Morgan fingerprint density at radius 1 is 0.946 bits per heavy atom. The van der Waals surface area contributed by atoms with Crippen LogP contribution in [0.15, 0.2) is 65.5 Å². The minimum atomic E-state index is -0.209. The van der Waals surface area contributed by atoms with Gasteiger partial charge in [-0.15, -0.1) is 0 Å². The molecule has 1 N–H and O–H groups in total. The molecule has 0 aliphatic carbocycles. The highest BCUT2D eigenvalue weighted by Gasteiger charge is 2.19. The molecule has 2 heterocycles. The Hall–Kier alpha value is -4.26. The van der Waals surface area contributed by atoms with Crippen LogP contribution in [0.5, 0.6) is 17.2 Å². The van der Waals surface area contributed by atoms with Crippen LogP contribution in [-0.2, 0) is 24.3 Å². The standard InChI is InChI=1S/C30H30N2O5/c1-19-4-5-20(2)21(12-19)14-25(33)18-32-27-16-29-28(36-10-11-37-29)15-22(27)13-23(30(32)34)17-31-24-6-8-26(35-3)9-7-24/h4-9,12-13,15-16,31H,10-11,14,17-18H2,1-3H3. The van der Waals surface area contributed by atoms with Gasteiger partial charge in [0.25, 0.3) is 5.56 Å². The van der Waals surface area contributed by atoms with Crippen molar-refractivity contribution in [2.24, 2.45) is 0 Å². The third-order valence-electron chi connectivity index (χ3n) is 6.63. The zero-order valence-electron chi connectivity index (χ0n) is 21.3. The molecule has 3 aromatic carbocycles. The molecule has 0 unspecified atom stereocenters. The maximum Gasteiger partial charge on any atom is 0.256 e. The Morgan fingerprint density at radius 3 is 2.41 bits per heavy atom. The molecule has 0 saturated heterocycles. The van der Waals surface area contributed by atoms with Crippen molar-refractivity contribution >= 4 is 22.4 Å². The first-order valence-electron chi connectivity index (χ1n) is 12.3. The van der Waals surface area contributed by atoms with Gasteiger partial charge in [-0.2, -0.15) is 0 Å². The number of aromatic nitrogens is 1. The predicted octanol–water partition coefficient (Wildman–Crippen LogP) is 4.82. The highest BCUT2D eigenvalue weighted by molar-refractivity contribution is 5.87. The number of methoxy groups -OCH3 is 1. The number of rotatable bonds is 8. The van der Waals surface area contributed by atoms with Gasteiger partial charge in [0.2, 0.25) is 0 Å². The normalized spacial score (nSPS) is 12.4. The number of carbonyl (C=O) groups excluding carboxylic acids is 1. The van der Waals surface area contributed by atoms with Crippen LogP contribution in [0.25, 0.3) is 10.9 Å². The van der Waals surface area contributed by atoms with Crippen molar-refractivity contribution in [1.82, 2.24) is 4.57 Å². The largest absolute Gasteiger partial charge is 0.497 e. The first kappa shape index (κ1) is 24.4. The molecule has 1 aliphatic rings. The monoisotopic (exact) mass is 498 g/mol. The van der Waals surface area contributed by atoms with Gasteiger partial charge >= 0.3 is 0 Å². The lowest BCUT2D eigenvalue weighted by atomic mass is 10.0. The van der Waals surface area contributed by atoms with Crippen LogP contribution in [0.1, 0.15) is 22.3 Å². The van der Waals surface area contributed by atoms with E-state index in [2.05, 4.69) is 5.32 Å². The number of anilines is 1. The molecule has 7 heteroatoms. The van der Waals surface area contributed by atoms with Gasteiger partial charge in [-0.25, -0.2) is 0 Å². The van der Waals surface area contributed by atoms with Crippen LogP contribution in [0.3, 0.4) is 0 Å². The highest BCUT2D eigenvalue weighted by Crippen LogP contribution is 2.34. The number of benzene rings is 3.